The van der Waals surface area contributed by atoms with Gasteiger partial charge in [-0.2, -0.15) is 4.74 Å². The molecule has 2 nitrogen and oxygen atoms in total. The standard InChI is InChI=1S/C13H22O.C7H10.C6H13O/c1-6-13(5)8-7-9(2)10(3)12(14)11(13)4;1-6-3-4-7(2)5-6;1-4-6(5-2)7-3/h7-11H,6H2,1-5H3;3-4H,5H2,1-2H3;4-5H2,1-3H3/q;;+1/t9?,10?,11?,13-;;/m1../s1. The maximum Gasteiger partial charge on any atom is 0.240 e. The van der Waals surface area contributed by atoms with E-state index in [1.807, 2.05) is 0 Å². The fraction of sp³-hybridized carbons (Fsp3) is 0.692. The summed E-state index contributed by atoms with van der Waals surface area (Å²) < 4.78 is 4.97. The van der Waals surface area contributed by atoms with Crippen molar-refractivity contribution >= 4 is 5.78 Å². The Bertz CT molecular complexity index is 529. The molecule has 2 aliphatic carbocycles. The Morgan fingerprint density at radius 1 is 1.07 bits per heavy atom. The van der Waals surface area contributed by atoms with Crippen LogP contribution in [0.1, 0.15) is 88.0 Å². The van der Waals surface area contributed by atoms with Crippen molar-refractivity contribution in [3.63, 3.8) is 0 Å². The number of allylic oxidation sites excluding steroid dienone is 6. The minimum atomic E-state index is 0.0656. The molecule has 0 aromatic heterocycles. The minimum absolute atomic E-state index is 0.0656. The van der Waals surface area contributed by atoms with E-state index in [-0.39, 0.29) is 17.3 Å². The van der Waals surface area contributed by atoms with E-state index in [9.17, 15) is 4.79 Å². The van der Waals surface area contributed by atoms with Crippen LogP contribution >= 0.6 is 0 Å². The second-order valence-electron chi connectivity index (χ2n) is 8.64. The van der Waals surface area contributed by atoms with Gasteiger partial charge in [0.25, 0.3) is 0 Å². The number of methoxy groups -OCH3 is 1. The molecule has 0 saturated heterocycles. The molecule has 0 saturated carbocycles. The maximum atomic E-state index is 12.1. The third kappa shape index (κ3) is 8.39. The van der Waals surface area contributed by atoms with Gasteiger partial charge in [0.05, 0.1) is 7.11 Å². The van der Waals surface area contributed by atoms with Crippen LogP contribution in [0.25, 0.3) is 0 Å². The lowest BCUT2D eigenvalue weighted by atomic mass is 9.73. The highest BCUT2D eigenvalue weighted by Gasteiger charge is 2.37. The van der Waals surface area contributed by atoms with Crippen molar-refractivity contribution in [3.05, 3.63) is 41.6 Å². The number of carbonyl (C=O) groups is 1. The van der Waals surface area contributed by atoms with Gasteiger partial charge in [-0.05, 0) is 51.9 Å². The van der Waals surface area contributed by atoms with Crippen molar-refractivity contribution < 1.29 is 9.53 Å². The lowest BCUT2D eigenvalue weighted by molar-refractivity contribution is -0.129. The Balaban J connectivity index is 0.000000437. The number of ketones is 1. The van der Waals surface area contributed by atoms with Crippen LogP contribution in [0.3, 0.4) is 0 Å². The molecule has 0 radical (unpaired) electrons. The second kappa shape index (κ2) is 13.0. The molecule has 4 atom stereocenters. The van der Waals surface area contributed by atoms with E-state index in [0.717, 1.165) is 19.3 Å². The average Bonchev–Trinajstić information content (AvgIpc) is 3.06. The Kier molecular flexibility index (Phi) is 12.4. The van der Waals surface area contributed by atoms with E-state index in [4.69, 9.17) is 4.74 Å². The molecule has 160 valence electrons. The highest BCUT2D eigenvalue weighted by molar-refractivity contribution is 5.84. The van der Waals surface area contributed by atoms with Crippen molar-refractivity contribution in [2.45, 2.75) is 88.0 Å². The van der Waals surface area contributed by atoms with E-state index in [1.165, 1.54) is 23.7 Å². The van der Waals surface area contributed by atoms with Crippen LogP contribution in [0.5, 0.6) is 0 Å². The van der Waals surface area contributed by atoms with Gasteiger partial charge in [-0.1, -0.05) is 70.1 Å². The molecule has 2 rings (SSSR count). The summed E-state index contributed by atoms with van der Waals surface area (Å²) in [5, 5.41) is 0. The number of ether oxygens (including phenoxy) is 1. The maximum absolute atomic E-state index is 12.1. The van der Waals surface area contributed by atoms with Gasteiger partial charge in [0.1, 0.15) is 18.6 Å². The molecule has 0 bridgehead atoms. The summed E-state index contributed by atoms with van der Waals surface area (Å²) in [6.07, 6.45) is 14.3. The molecule has 2 heteroatoms. The van der Waals surface area contributed by atoms with E-state index in [1.54, 1.807) is 7.11 Å². The van der Waals surface area contributed by atoms with Crippen LogP contribution in [0.15, 0.2) is 35.5 Å². The van der Waals surface area contributed by atoms with Gasteiger partial charge >= 0.3 is 0 Å². The van der Waals surface area contributed by atoms with E-state index < -0.39 is 0 Å². The SMILES string of the molecule is CC1=CC=C(C)C1.CC[C+](CC)OC.CC[C@]1(C)C=CC(C)C(C)C(=O)C1C. The zero-order valence-electron chi connectivity index (χ0n) is 20.2. The molecule has 0 spiro atoms. The number of hydrogen-bond acceptors (Lipinski definition) is 2. The van der Waals surface area contributed by atoms with Crippen LogP contribution in [-0.4, -0.2) is 12.9 Å². The monoisotopic (exact) mass is 389 g/mol. The van der Waals surface area contributed by atoms with E-state index in [2.05, 4.69) is 86.6 Å². The van der Waals surface area contributed by atoms with Crippen LogP contribution in [-0.2, 0) is 9.53 Å². The van der Waals surface area contributed by atoms with Crippen molar-refractivity contribution in [2.24, 2.45) is 23.2 Å². The van der Waals surface area contributed by atoms with Gasteiger partial charge in [0.15, 0.2) is 0 Å². The zero-order valence-corrected chi connectivity index (χ0v) is 20.2. The fourth-order valence-corrected chi connectivity index (χ4v) is 3.47. The lowest BCUT2D eigenvalue weighted by Crippen LogP contribution is -2.31. The minimum Gasteiger partial charge on any atom is -0.299 e. The molecule has 3 unspecified atom stereocenters. The molecular weight excluding hydrogens is 344 g/mol. The number of Topliss-reactive ketones (excluding diaryl/α,β-unsaturated/α-hetero) is 1. The molecule has 2 aliphatic rings. The van der Waals surface area contributed by atoms with Crippen molar-refractivity contribution in [2.75, 3.05) is 7.11 Å². The first-order valence-corrected chi connectivity index (χ1v) is 11.0. The predicted octanol–water partition coefficient (Wildman–Crippen LogP) is 7.72. The lowest BCUT2D eigenvalue weighted by Gasteiger charge is -2.30. The highest BCUT2D eigenvalue weighted by atomic mass is 16.5. The summed E-state index contributed by atoms with van der Waals surface area (Å²) in [5.74, 6) is 1.14. The molecule has 0 amide bonds. The highest BCUT2D eigenvalue weighted by Crippen LogP contribution is 2.39. The summed E-state index contributed by atoms with van der Waals surface area (Å²) in [5.41, 5.74) is 3.03. The molecule has 28 heavy (non-hydrogen) atoms. The summed E-state index contributed by atoms with van der Waals surface area (Å²) in [6.45, 7) is 19.1. The van der Waals surface area contributed by atoms with Crippen LogP contribution < -0.4 is 0 Å². The Morgan fingerprint density at radius 3 is 1.86 bits per heavy atom. The molecule has 0 heterocycles. The smallest absolute Gasteiger partial charge is 0.240 e. The molecule has 0 aliphatic heterocycles. The Hall–Kier alpha value is -1.28. The van der Waals surface area contributed by atoms with Gasteiger partial charge in [-0.15, -0.1) is 0 Å². The Morgan fingerprint density at radius 2 is 1.57 bits per heavy atom. The van der Waals surface area contributed by atoms with Gasteiger partial charge < -0.3 is 0 Å². The number of hydrogen-bond donors (Lipinski definition) is 0. The number of rotatable bonds is 4. The molecule has 0 aromatic rings. The van der Waals surface area contributed by atoms with Gasteiger partial charge in [-0.25, -0.2) is 0 Å². The molecular formula is C26H45O2+. The third-order valence-electron chi connectivity index (χ3n) is 6.48. The molecule has 0 fully saturated rings. The first-order chi connectivity index (χ1) is 13.1. The second-order valence-corrected chi connectivity index (χ2v) is 8.64. The summed E-state index contributed by atoms with van der Waals surface area (Å²) >= 11 is 0. The molecule has 0 N–H and O–H groups in total. The van der Waals surface area contributed by atoms with Crippen molar-refractivity contribution in [1.82, 2.24) is 0 Å². The van der Waals surface area contributed by atoms with Crippen molar-refractivity contribution in [1.29, 1.82) is 0 Å². The van der Waals surface area contributed by atoms with Crippen LogP contribution in [0, 0.1) is 29.3 Å². The van der Waals surface area contributed by atoms with E-state index in [0.29, 0.717) is 11.7 Å². The first kappa shape index (κ1) is 26.7. The summed E-state index contributed by atoms with van der Waals surface area (Å²) in [6, 6.07) is 0. The fourth-order valence-electron chi connectivity index (χ4n) is 3.47. The Labute approximate surface area is 175 Å². The largest absolute Gasteiger partial charge is 0.299 e. The molecule has 0 aromatic carbocycles. The van der Waals surface area contributed by atoms with E-state index >= 15 is 0 Å². The summed E-state index contributed by atoms with van der Waals surface area (Å²) in [7, 11) is 1.72. The van der Waals surface area contributed by atoms with Gasteiger partial charge in [0.2, 0.25) is 6.10 Å². The average molecular weight is 390 g/mol. The third-order valence-corrected chi connectivity index (χ3v) is 6.48. The normalized spacial score (nSPS) is 28.9. The number of carbonyl (C=O) groups excluding carboxylic acids is 1. The van der Waals surface area contributed by atoms with Crippen LogP contribution in [0.4, 0.5) is 0 Å². The van der Waals surface area contributed by atoms with Gasteiger partial charge in [0, 0.05) is 11.8 Å². The quantitative estimate of drug-likeness (QED) is 0.363. The topological polar surface area (TPSA) is 26.3 Å². The zero-order chi connectivity index (χ0) is 21.9. The first-order valence-electron chi connectivity index (χ1n) is 11.0. The predicted molar refractivity (Wildman–Crippen MR) is 123 cm³/mol. The van der Waals surface area contributed by atoms with Crippen molar-refractivity contribution in [3.8, 4) is 0 Å². The summed E-state index contributed by atoms with van der Waals surface area (Å²) in [4.78, 5) is 12.1. The van der Waals surface area contributed by atoms with Crippen LogP contribution in [0.2, 0.25) is 0 Å². The van der Waals surface area contributed by atoms with Gasteiger partial charge in [-0.3, -0.25) is 4.79 Å².